The van der Waals surface area contributed by atoms with Crippen molar-refractivity contribution in [3.05, 3.63) is 28.8 Å². The van der Waals surface area contributed by atoms with Crippen LogP contribution in [0.3, 0.4) is 0 Å². The van der Waals surface area contributed by atoms with Crippen molar-refractivity contribution in [1.82, 2.24) is 0 Å². The molecule has 2 rings (SSSR count). The van der Waals surface area contributed by atoms with Crippen LogP contribution in [0.25, 0.3) is 0 Å². The summed E-state index contributed by atoms with van der Waals surface area (Å²) in [6, 6.07) is 6.87. The Balaban J connectivity index is 2.31. The molecule has 2 heteroatoms. The summed E-state index contributed by atoms with van der Waals surface area (Å²) in [5.74, 6) is 0. The van der Waals surface area contributed by atoms with Gasteiger partial charge in [0.15, 0.2) is 0 Å². The molecule has 0 radical (unpaired) electrons. The van der Waals surface area contributed by atoms with Crippen molar-refractivity contribution in [3.8, 4) is 0 Å². The summed E-state index contributed by atoms with van der Waals surface area (Å²) in [6.45, 7) is 5.66. The summed E-state index contributed by atoms with van der Waals surface area (Å²) >= 11 is 5.97. The van der Waals surface area contributed by atoms with E-state index in [1.54, 1.807) is 0 Å². The molecule has 1 aromatic carbocycles. The van der Waals surface area contributed by atoms with Crippen molar-refractivity contribution in [2.45, 2.75) is 32.7 Å². The molecule has 1 unspecified atom stereocenters. The zero-order valence-electron chi connectivity index (χ0n) is 8.76. The van der Waals surface area contributed by atoms with Gasteiger partial charge in [0.25, 0.3) is 0 Å². The smallest absolute Gasteiger partial charge is 0.0410 e. The van der Waals surface area contributed by atoms with Crippen molar-refractivity contribution < 1.29 is 0 Å². The summed E-state index contributed by atoms with van der Waals surface area (Å²) in [6.07, 6.45) is 2.34. The minimum absolute atomic E-state index is 0.637. The van der Waals surface area contributed by atoms with E-state index >= 15 is 0 Å². The molecule has 0 aliphatic carbocycles. The zero-order chi connectivity index (χ0) is 10.1. The number of benzene rings is 1. The molecule has 1 aromatic rings. The van der Waals surface area contributed by atoms with E-state index in [0.29, 0.717) is 6.04 Å². The molecule has 0 fully saturated rings. The van der Waals surface area contributed by atoms with Gasteiger partial charge in [0, 0.05) is 23.3 Å². The fourth-order valence-corrected chi connectivity index (χ4v) is 2.27. The highest BCUT2D eigenvalue weighted by Gasteiger charge is 2.22. The third-order valence-electron chi connectivity index (χ3n) is 3.10. The number of anilines is 1. The summed E-state index contributed by atoms with van der Waals surface area (Å²) in [5, 5.41) is 0.856. The highest BCUT2D eigenvalue weighted by Crippen LogP contribution is 2.32. The molecule has 0 saturated carbocycles. The molecule has 0 N–H and O–H groups in total. The number of rotatable bonds is 2. The maximum Gasteiger partial charge on any atom is 0.0410 e. The van der Waals surface area contributed by atoms with E-state index in [-0.39, 0.29) is 0 Å². The molecule has 0 aromatic heterocycles. The molecule has 0 amide bonds. The Morgan fingerprint density at radius 3 is 3.00 bits per heavy atom. The topological polar surface area (TPSA) is 3.24 Å². The van der Waals surface area contributed by atoms with Gasteiger partial charge in [-0.3, -0.25) is 0 Å². The van der Waals surface area contributed by atoms with E-state index in [1.165, 1.54) is 17.7 Å². The second kappa shape index (κ2) is 3.82. The van der Waals surface area contributed by atoms with E-state index in [1.807, 2.05) is 6.07 Å². The van der Waals surface area contributed by atoms with Crippen molar-refractivity contribution in [2.24, 2.45) is 0 Å². The zero-order valence-corrected chi connectivity index (χ0v) is 9.51. The number of hydrogen-bond acceptors (Lipinski definition) is 1. The summed E-state index contributed by atoms with van der Waals surface area (Å²) < 4.78 is 0. The Morgan fingerprint density at radius 1 is 1.50 bits per heavy atom. The normalized spacial score (nSPS) is 16.9. The lowest BCUT2D eigenvalue weighted by Gasteiger charge is -2.26. The quantitative estimate of drug-likeness (QED) is 0.721. The molecule has 0 spiro atoms. The standard InChI is InChI=1S/C12H16ClN/c1-3-9(2)14-7-6-10-8-11(13)4-5-12(10)14/h4-5,8-9H,3,6-7H2,1-2H3. The molecule has 14 heavy (non-hydrogen) atoms. The van der Waals surface area contributed by atoms with Gasteiger partial charge in [0.05, 0.1) is 0 Å². The molecule has 1 atom stereocenters. The van der Waals surface area contributed by atoms with Gasteiger partial charge in [0.1, 0.15) is 0 Å². The van der Waals surface area contributed by atoms with E-state index in [2.05, 4.69) is 30.9 Å². The molecule has 0 bridgehead atoms. The average Bonchev–Trinajstić information content (AvgIpc) is 2.59. The maximum absolute atomic E-state index is 5.97. The van der Waals surface area contributed by atoms with Gasteiger partial charge in [0.2, 0.25) is 0 Å². The lowest BCUT2D eigenvalue weighted by molar-refractivity contribution is 0.635. The summed E-state index contributed by atoms with van der Waals surface area (Å²) in [7, 11) is 0. The molecular weight excluding hydrogens is 194 g/mol. The van der Waals surface area contributed by atoms with Gasteiger partial charge in [-0.1, -0.05) is 18.5 Å². The van der Waals surface area contributed by atoms with Crippen LogP contribution in [0, 0.1) is 0 Å². The first-order valence-electron chi connectivity index (χ1n) is 5.27. The molecule has 1 aliphatic heterocycles. The second-order valence-electron chi connectivity index (χ2n) is 3.97. The highest BCUT2D eigenvalue weighted by molar-refractivity contribution is 6.30. The fourth-order valence-electron chi connectivity index (χ4n) is 2.07. The number of fused-ring (bicyclic) bond motifs is 1. The van der Waals surface area contributed by atoms with Crippen LogP contribution >= 0.6 is 11.6 Å². The Bertz CT molecular complexity index is 335. The van der Waals surface area contributed by atoms with Crippen LogP contribution in [0.2, 0.25) is 5.02 Å². The van der Waals surface area contributed by atoms with Gasteiger partial charge >= 0.3 is 0 Å². The lowest BCUT2D eigenvalue weighted by Crippen LogP contribution is -2.30. The van der Waals surface area contributed by atoms with Crippen molar-refractivity contribution in [2.75, 3.05) is 11.4 Å². The van der Waals surface area contributed by atoms with E-state index < -0.39 is 0 Å². The lowest BCUT2D eigenvalue weighted by atomic mass is 10.1. The molecule has 1 heterocycles. The van der Waals surface area contributed by atoms with Gasteiger partial charge < -0.3 is 4.90 Å². The van der Waals surface area contributed by atoms with E-state index in [9.17, 15) is 0 Å². The van der Waals surface area contributed by atoms with Gasteiger partial charge in [-0.15, -0.1) is 0 Å². The first-order chi connectivity index (χ1) is 6.72. The second-order valence-corrected chi connectivity index (χ2v) is 4.41. The largest absolute Gasteiger partial charge is 0.368 e. The van der Waals surface area contributed by atoms with Crippen LogP contribution in [-0.2, 0) is 6.42 Å². The monoisotopic (exact) mass is 209 g/mol. The molecule has 76 valence electrons. The third kappa shape index (κ3) is 1.61. The Hall–Kier alpha value is -0.690. The molecule has 0 saturated heterocycles. The number of nitrogens with zero attached hydrogens (tertiary/aromatic N) is 1. The number of hydrogen-bond donors (Lipinski definition) is 0. The minimum atomic E-state index is 0.637. The molecule has 1 aliphatic rings. The van der Waals surface area contributed by atoms with Crippen molar-refractivity contribution >= 4 is 17.3 Å². The molecule has 1 nitrogen and oxygen atoms in total. The number of halogens is 1. The van der Waals surface area contributed by atoms with Crippen LogP contribution in [0.4, 0.5) is 5.69 Å². The fraction of sp³-hybridized carbons (Fsp3) is 0.500. The average molecular weight is 210 g/mol. The minimum Gasteiger partial charge on any atom is -0.368 e. The van der Waals surface area contributed by atoms with Crippen molar-refractivity contribution in [3.63, 3.8) is 0 Å². The Labute approximate surface area is 90.7 Å². The first-order valence-corrected chi connectivity index (χ1v) is 5.65. The van der Waals surface area contributed by atoms with Crippen LogP contribution in [-0.4, -0.2) is 12.6 Å². The van der Waals surface area contributed by atoms with E-state index in [0.717, 1.165) is 18.0 Å². The van der Waals surface area contributed by atoms with Crippen molar-refractivity contribution in [1.29, 1.82) is 0 Å². The van der Waals surface area contributed by atoms with Crippen LogP contribution in [0.1, 0.15) is 25.8 Å². The van der Waals surface area contributed by atoms with Crippen LogP contribution < -0.4 is 4.90 Å². The van der Waals surface area contributed by atoms with Crippen LogP contribution in [0.15, 0.2) is 18.2 Å². The third-order valence-corrected chi connectivity index (χ3v) is 3.33. The predicted octanol–water partition coefficient (Wildman–Crippen LogP) is 3.50. The Morgan fingerprint density at radius 2 is 2.29 bits per heavy atom. The van der Waals surface area contributed by atoms with Gasteiger partial charge in [-0.05, 0) is 43.5 Å². The molecular formula is C12H16ClN. The van der Waals surface area contributed by atoms with Gasteiger partial charge in [-0.2, -0.15) is 0 Å². The van der Waals surface area contributed by atoms with Gasteiger partial charge in [-0.25, -0.2) is 0 Å². The SMILES string of the molecule is CCC(C)N1CCc2cc(Cl)ccc21. The summed E-state index contributed by atoms with van der Waals surface area (Å²) in [4.78, 5) is 2.48. The van der Waals surface area contributed by atoms with Crippen LogP contribution in [0.5, 0.6) is 0 Å². The predicted molar refractivity (Wildman–Crippen MR) is 62.3 cm³/mol. The first kappa shape index (κ1) is 9.85. The Kier molecular flexibility index (Phi) is 2.69. The highest BCUT2D eigenvalue weighted by atomic mass is 35.5. The van der Waals surface area contributed by atoms with E-state index in [4.69, 9.17) is 11.6 Å². The summed E-state index contributed by atoms with van der Waals surface area (Å²) in [5.41, 5.74) is 2.78. The maximum atomic E-state index is 5.97.